The van der Waals surface area contributed by atoms with Gasteiger partial charge in [0.2, 0.25) is 11.8 Å². The Morgan fingerprint density at radius 1 is 1.10 bits per heavy atom. The van der Waals surface area contributed by atoms with Crippen LogP contribution in [0.25, 0.3) is 5.65 Å². The van der Waals surface area contributed by atoms with Gasteiger partial charge in [-0.1, -0.05) is 12.1 Å². The average molecular weight is 557 g/mol. The third-order valence-corrected chi connectivity index (χ3v) is 8.67. The minimum absolute atomic E-state index is 0.0464. The molecule has 40 heavy (non-hydrogen) atoms. The topological polar surface area (TPSA) is 139 Å². The first-order valence-corrected chi connectivity index (χ1v) is 14.0. The molecule has 3 aromatic heterocycles. The Morgan fingerprint density at radius 3 is 2.50 bits per heavy atom. The lowest BCUT2D eigenvalue weighted by Gasteiger charge is -2.33. The number of amides is 2. The van der Waals surface area contributed by atoms with Crippen molar-refractivity contribution in [1.29, 1.82) is 0 Å². The molecule has 0 spiro atoms. The van der Waals surface area contributed by atoms with Crippen molar-refractivity contribution in [3.8, 4) is 0 Å². The molecule has 6 rings (SSSR count). The molecule has 4 heterocycles. The van der Waals surface area contributed by atoms with Crippen LogP contribution in [-0.2, 0) is 4.79 Å². The van der Waals surface area contributed by atoms with E-state index in [2.05, 4.69) is 42.9 Å². The van der Waals surface area contributed by atoms with Crippen molar-refractivity contribution >= 4 is 17.5 Å². The fraction of sp³-hybridized carbons (Fsp3) is 0.630. The van der Waals surface area contributed by atoms with Crippen LogP contribution in [0.15, 0.2) is 23.1 Å². The quantitative estimate of drug-likeness (QED) is 0.385. The van der Waals surface area contributed by atoms with Gasteiger partial charge < -0.3 is 16.0 Å². The van der Waals surface area contributed by atoms with Gasteiger partial charge in [0.05, 0.1) is 36.1 Å². The van der Waals surface area contributed by atoms with Gasteiger partial charge in [-0.3, -0.25) is 9.59 Å². The molecule has 13 heteroatoms. The highest BCUT2D eigenvalue weighted by Crippen LogP contribution is 2.43. The Kier molecular flexibility index (Phi) is 7.01. The molecule has 11 nitrogen and oxygen atoms in total. The summed E-state index contributed by atoms with van der Waals surface area (Å²) in [5, 5.41) is 21.4. The van der Waals surface area contributed by atoms with Crippen LogP contribution >= 0.6 is 0 Å². The molecule has 2 amide bonds. The van der Waals surface area contributed by atoms with E-state index in [9.17, 15) is 18.4 Å². The Balaban J connectivity index is 1.27. The number of carbonyl (C=O) groups is 2. The number of nitrogens with one attached hydrogen (secondary N) is 3. The van der Waals surface area contributed by atoms with Gasteiger partial charge in [-0.2, -0.15) is 5.10 Å². The van der Waals surface area contributed by atoms with E-state index in [0.717, 1.165) is 24.9 Å². The maximum Gasteiger partial charge on any atom is 0.276 e. The zero-order chi connectivity index (χ0) is 28.0. The normalized spacial score (nSPS) is 24.6. The summed E-state index contributed by atoms with van der Waals surface area (Å²) in [7, 11) is 0. The van der Waals surface area contributed by atoms with Gasteiger partial charge in [0, 0.05) is 19.4 Å². The van der Waals surface area contributed by atoms with Crippen molar-refractivity contribution in [2.45, 2.75) is 70.4 Å². The molecule has 4 atom stereocenters. The van der Waals surface area contributed by atoms with Crippen LogP contribution in [0.3, 0.4) is 0 Å². The van der Waals surface area contributed by atoms with E-state index in [1.807, 2.05) is 6.07 Å². The van der Waals surface area contributed by atoms with Crippen LogP contribution in [0.1, 0.15) is 85.0 Å². The molecule has 3 aliphatic rings. The number of carbonyl (C=O) groups excluding carboxylic acids is 2. The number of hydrogen-bond donors (Lipinski definition) is 3. The zero-order valence-electron chi connectivity index (χ0n) is 22.6. The molecular formula is C27H34F2N8O3. The van der Waals surface area contributed by atoms with E-state index in [4.69, 9.17) is 4.98 Å². The summed E-state index contributed by atoms with van der Waals surface area (Å²) < 4.78 is 34.2. The lowest BCUT2D eigenvalue weighted by atomic mass is 9.81. The smallest absolute Gasteiger partial charge is 0.276 e. The number of imidazole rings is 1. The van der Waals surface area contributed by atoms with E-state index in [-0.39, 0.29) is 61.1 Å². The number of fused-ring (bicyclic) bond motifs is 1. The Labute approximate surface area is 229 Å². The van der Waals surface area contributed by atoms with Crippen molar-refractivity contribution in [3.63, 3.8) is 0 Å². The summed E-state index contributed by atoms with van der Waals surface area (Å²) in [6.07, 6.45) is 5.52. The summed E-state index contributed by atoms with van der Waals surface area (Å²) in [5.74, 6) is -2.84. The number of alkyl halides is 2. The number of aromatic nitrogens is 5. The molecule has 1 aliphatic heterocycles. The zero-order valence-corrected chi connectivity index (χ0v) is 22.6. The van der Waals surface area contributed by atoms with Crippen LogP contribution in [0.5, 0.6) is 0 Å². The van der Waals surface area contributed by atoms with Gasteiger partial charge in [0.25, 0.3) is 5.91 Å². The predicted molar refractivity (Wildman–Crippen MR) is 138 cm³/mol. The van der Waals surface area contributed by atoms with E-state index in [0.29, 0.717) is 29.5 Å². The van der Waals surface area contributed by atoms with Crippen LogP contribution < -0.4 is 16.0 Å². The van der Waals surface area contributed by atoms with Gasteiger partial charge in [-0.25, -0.2) is 22.9 Å². The Hall–Kier alpha value is -3.48. The third-order valence-electron chi connectivity index (χ3n) is 8.67. The van der Waals surface area contributed by atoms with Crippen LogP contribution in [0, 0.1) is 30.6 Å². The predicted octanol–water partition coefficient (Wildman–Crippen LogP) is 3.14. The second-order valence-corrected chi connectivity index (χ2v) is 11.7. The van der Waals surface area contributed by atoms with Gasteiger partial charge in [-0.05, 0) is 73.7 Å². The Morgan fingerprint density at radius 2 is 1.85 bits per heavy atom. The summed E-state index contributed by atoms with van der Waals surface area (Å²) in [5.41, 5.74) is 2.35. The van der Waals surface area contributed by atoms with Crippen molar-refractivity contribution < 1.29 is 23.0 Å². The number of hydrogen-bond acceptors (Lipinski definition) is 8. The van der Waals surface area contributed by atoms with E-state index in [1.165, 1.54) is 0 Å². The standard InChI is InChI=1S/C27H34F2N8O3/c1-14-10-30-12-19(14)25(38)33-23(16-3-4-16)18-9-21-32-20(13-37(21)31-11-18)24(17-5-7-27(28,29)8-6-17)34-26(39)22-15(2)35-40-36-22/h9,11,13-14,16-17,19,23-24,30H,3-8,10,12H2,1-2H3,(H,33,38)(H,34,39)/t14-,19-,23-,24+/m1/s1. The highest BCUT2D eigenvalue weighted by atomic mass is 19.3. The second kappa shape index (κ2) is 10.5. The van der Waals surface area contributed by atoms with Crippen LogP contribution in [-0.4, -0.2) is 55.7 Å². The van der Waals surface area contributed by atoms with Crippen molar-refractivity contribution in [1.82, 2.24) is 40.9 Å². The largest absolute Gasteiger partial charge is 0.349 e. The second-order valence-electron chi connectivity index (χ2n) is 11.7. The van der Waals surface area contributed by atoms with Gasteiger partial charge in [0.1, 0.15) is 5.69 Å². The summed E-state index contributed by atoms with van der Waals surface area (Å²) >= 11 is 0. The fourth-order valence-corrected chi connectivity index (χ4v) is 6.03. The van der Waals surface area contributed by atoms with E-state index >= 15 is 0 Å². The van der Waals surface area contributed by atoms with Crippen molar-refractivity contribution in [2.24, 2.45) is 23.7 Å². The average Bonchev–Trinajstić information content (AvgIpc) is 3.29. The molecule has 214 valence electrons. The molecule has 2 aliphatic carbocycles. The summed E-state index contributed by atoms with van der Waals surface area (Å²) in [6.45, 7) is 5.20. The van der Waals surface area contributed by atoms with Crippen molar-refractivity contribution in [2.75, 3.05) is 13.1 Å². The summed E-state index contributed by atoms with van der Waals surface area (Å²) in [4.78, 5) is 30.9. The van der Waals surface area contributed by atoms with Gasteiger partial charge >= 0.3 is 0 Å². The molecular weight excluding hydrogens is 522 g/mol. The first-order valence-electron chi connectivity index (χ1n) is 14.0. The van der Waals surface area contributed by atoms with Crippen LogP contribution in [0.2, 0.25) is 0 Å². The molecule has 0 bridgehead atoms. The molecule has 0 radical (unpaired) electrons. The SMILES string of the molecule is Cc1nonc1C(=O)N[C@H](c1cn2ncc([C@H](NC(=O)[C@@H]3CNC[C@H]3C)C3CC3)cc2n1)C1CCC(F)(F)CC1. The Bertz CT molecular complexity index is 1390. The highest BCUT2D eigenvalue weighted by molar-refractivity contribution is 5.93. The van der Waals surface area contributed by atoms with Crippen LogP contribution in [0.4, 0.5) is 8.78 Å². The molecule has 1 saturated heterocycles. The molecule has 3 aromatic rings. The molecule has 0 unspecified atom stereocenters. The fourth-order valence-electron chi connectivity index (χ4n) is 6.03. The van der Waals surface area contributed by atoms with Gasteiger partial charge in [0.15, 0.2) is 11.3 Å². The monoisotopic (exact) mass is 556 g/mol. The molecule has 0 aromatic carbocycles. The number of nitrogens with zero attached hydrogens (tertiary/aromatic N) is 5. The highest BCUT2D eigenvalue weighted by Gasteiger charge is 2.40. The van der Waals surface area contributed by atoms with Gasteiger partial charge in [-0.15, -0.1) is 0 Å². The first kappa shape index (κ1) is 26.7. The maximum absolute atomic E-state index is 14.0. The first-order chi connectivity index (χ1) is 19.2. The molecule has 3 fully saturated rings. The van der Waals surface area contributed by atoms with Crippen molar-refractivity contribution in [3.05, 3.63) is 41.1 Å². The molecule has 3 N–H and O–H groups in total. The van der Waals surface area contributed by atoms with E-state index in [1.54, 1.807) is 23.8 Å². The molecule has 2 saturated carbocycles. The number of rotatable bonds is 8. The maximum atomic E-state index is 14.0. The lowest BCUT2D eigenvalue weighted by molar-refractivity contribution is -0.126. The number of aryl methyl sites for hydroxylation is 1. The number of halogens is 2. The minimum atomic E-state index is -2.71. The lowest BCUT2D eigenvalue weighted by Crippen LogP contribution is -2.37. The minimum Gasteiger partial charge on any atom is -0.349 e. The third kappa shape index (κ3) is 5.43. The van der Waals surface area contributed by atoms with E-state index < -0.39 is 17.9 Å². The summed E-state index contributed by atoms with van der Waals surface area (Å²) in [6, 6.07) is 1.13.